The highest BCUT2D eigenvalue weighted by atomic mass is 16.5. The number of methoxy groups -OCH3 is 1. The number of aliphatic hydroxyl groups excluding tert-OH is 1. The summed E-state index contributed by atoms with van der Waals surface area (Å²) in [6.45, 7) is 7.66. The van der Waals surface area contributed by atoms with E-state index in [1.54, 1.807) is 25.3 Å². The van der Waals surface area contributed by atoms with Gasteiger partial charge in [-0.25, -0.2) is 0 Å². The Bertz CT molecular complexity index is 1760. The average molecular weight is 720 g/mol. The van der Waals surface area contributed by atoms with Crippen molar-refractivity contribution in [2.45, 2.75) is 77.6 Å². The molecule has 4 atom stereocenters. The molecule has 4 aromatic rings. The van der Waals surface area contributed by atoms with Gasteiger partial charge in [-0.15, -0.1) is 0 Å². The molecule has 53 heavy (non-hydrogen) atoms. The highest BCUT2D eigenvalue weighted by molar-refractivity contribution is 5.95. The number of hydrogen-bond acceptors (Lipinski definition) is 6. The summed E-state index contributed by atoms with van der Waals surface area (Å²) in [6, 6.07) is 30.4. The molecule has 0 aliphatic carbocycles. The smallest absolute Gasteiger partial charge is 0.258 e. The minimum absolute atomic E-state index is 0.102. The molecule has 3 amide bonds. The van der Waals surface area contributed by atoms with Gasteiger partial charge in [-0.3, -0.25) is 14.4 Å². The summed E-state index contributed by atoms with van der Waals surface area (Å²) in [7, 11) is 1.59. The second-order valence-electron chi connectivity index (χ2n) is 13.9. The van der Waals surface area contributed by atoms with E-state index in [1.807, 2.05) is 119 Å². The Balaban J connectivity index is 1.50. The SMILES string of the molecule is COc1ccc(/C=C/C(=O)N[C@@H](CC(C)C)C(=O)N[C@@H](Cc2ccccc2)[C@@H](O)C[C@H](Cc2ccccc2)NC(=O)COc2c(C)cccc2C)cc1. The van der Waals surface area contributed by atoms with Crippen molar-refractivity contribution in [3.63, 3.8) is 0 Å². The van der Waals surface area contributed by atoms with Gasteiger partial charge in [-0.05, 0) is 91.5 Å². The first-order chi connectivity index (χ1) is 25.5. The van der Waals surface area contributed by atoms with Crippen molar-refractivity contribution in [2.75, 3.05) is 13.7 Å². The summed E-state index contributed by atoms with van der Waals surface area (Å²) in [4.78, 5) is 40.3. The summed E-state index contributed by atoms with van der Waals surface area (Å²) in [5, 5.41) is 20.9. The molecule has 0 saturated carbocycles. The lowest BCUT2D eigenvalue weighted by Gasteiger charge is -2.30. The zero-order valence-corrected chi connectivity index (χ0v) is 31.4. The van der Waals surface area contributed by atoms with Gasteiger partial charge < -0.3 is 30.5 Å². The minimum atomic E-state index is -1.04. The Morgan fingerprint density at radius 2 is 1.34 bits per heavy atom. The van der Waals surface area contributed by atoms with Crippen molar-refractivity contribution in [1.29, 1.82) is 0 Å². The van der Waals surface area contributed by atoms with Crippen molar-refractivity contribution in [3.05, 3.63) is 137 Å². The number of amides is 3. The molecule has 9 heteroatoms. The fraction of sp³-hybridized carbons (Fsp3) is 0.341. The number of aliphatic hydroxyl groups is 1. The van der Waals surface area contributed by atoms with Crippen LogP contribution in [0.15, 0.2) is 109 Å². The zero-order chi connectivity index (χ0) is 38.2. The van der Waals surface area contributed by atoms with Gasteiger partial charge in [-0.2, -0.15) is 0 Å². The predicted molar refractivity (Wildman–Crippen MR) is 210 cm³/mol. The van der Waals surface area contributed by atoms with Crippen LogP contribution in [0.2, 0.25) is 0 Å². The van der Waals surface area contributed by atoms with E-state index in [2.05, 4.69) is 16.0 Å². The molecule has 4 aromatic carbocycles. The minimum Gasteiger partial charge on any atom is -0.497 e. The molecule has 0 fully saturated rings. The monoisotopic (exact) mass is 719 g/mol. The lowest BCUT2D eigenvalue weighted by molar-refractivity contribution is -0.128. The summed E-state index contributed by atoms with van der Waals surface area (Å²) < 4.78 is 11.1. The van der Waals surface area contributed by atoms with Crippen molar-refractivity contribution in [3.8, 4) is 11.5 Å². The van der Waals surface area contributed by atoms with Crippen LogP contribution in [0, 0.1) is 19.8 Å². The van der Waals surface area contributed by atoms with Crippen LogP contribution in [0.4, 0.5) is 0 Å². The average Bonchev–Trinajstić information content (AvgIpc) is 3.14. The molecule has 9 nitrogen and oxygen atoms in total. The van der Waals surface area contributed by atoms with E-state index in [4.69, 9.17) is 9.47 Å². The maximum absolute atomic E-state index is 13.9. The first-order valence-electron chi connectivity index (χ1n) is 18.2. The Kier molecular flexibility index (Phi) is 15.7. The van der Waals surface area contributed by atoms with Crippen LogP contribution in [-0.4, -0.2) is 60.8 Å². The van der Waals surface area contributed by atoms with Crippen LogP contribution in [-0.2, 0) is 27.2 Å². The lowest BCUT2D eigenvalue weighted by Crippen LogP contribution is -2.54. The molecule has 4 rings (SSSR count). The molecular formula is C44H53N3O6. The van der Waals surface area contributed by atoms with Crippen LogP contribution in [0.3, 0.4) is 0 Å². The molecule has 0 saturated heterocycles. The first-order valence-corrected chi connectivity index (χ1v) is 18.2. The molecule has 0 unspecified atom stereocenters. The molecule has 0 aromatic heterocycles. The third-order valence-corrected chi connectivity index (χ3v) is 8.95. The molecule has 280 valence electrons. The molecular weight excluding hydrogens is 666 g/mol. The maximum Gasteiger partial charge on any atom is 0.258 e. The van der Waals surface area contributed by atoms with Crippen molar-refractivity contribution in [1.82, 2.24) is 16.0 Å². The van der Waals surface area contributed by atoms with Gasteiger partial charge in [0.05, 0.1) is 19.3 Å². The van der Waals surface area contributed by atoms with Crippen LogP contribution < -0.4 is 25.4 Å². The van der Waals surface area contributed by atoms with Crippen molar-refractivity contribution in [2.24, 2.45) is 5.92 Å². The van der Waals surface area contributed by atoms with E-state index in [9.17, 15) is 19.5 Å². The molecule has 0 bridgehead atoms. The third kappa shape index (κ3) is 13.6. The molecule has 0 aliphatic rings. The molecule has 0 spiro atoms. The van der Waals surface area contributed by atoms with Crippen LogP contribution in [0.1, 0.15) is 54.5 Å². The number of aryl methyl sites for hydroxylation is 2. The number of benzene rings is 4. The van der Waals surface area contributed by atoms with Gasteiger partial charge in [0.2, 0.25) is 11.8 Å². The predicted octanol–water partition coefficient (Wildman–Crippen LogP) is 6.14. The Hall–Kier alpha value is -5.41. The molecule has 0 radical (unpaired) electrons. The van der Waals surface area contributed by atoms with E-state index in [0.717, 1.165) is 27.8 Å². The highest BCUT2D eigenvalue weighted by Crippen LogP contribution is 2.22. The summed E-state index contributed by atoms with van der Waals surface area (Å²) in [6.07, 6.45) is 3.40. The number of rotatable bonds is 19. The van der Waals surface area contributed by atoms with Gasteiger partial charge in [-0.1, -0.05) is 105 Å². The van der Waals surface area contributed by atoms with E-state index >= 15 is 0 Å². The lowest BCUT2D eigenvalue weighted by atomic mass is 9.93. The van der Waals surface area contributed by atoms with E-state index < -0.39 is 36.0 Å². The summed E-state index contributed by atoms with van der Waals surface area (Å²) in [5.74, 6) is 0.374. The van der Waals surface area contributed by atoms with Crippen LogP contribution in [0.5, 0.6) is 11.5 Å². The number of para-hydroxylation sites is 1. The van der Waals surface area contributed by atoms with E-state index in [1.165, 1.54) is 6.08 Å². The maximum atomic E-state index is 13.9. The second kappa shape index (κ2) is 20.6. The third-order valence-electron chi connectivity index (χ3n) is 8.95. The van der Waals surface area contributed by atoms with Gasteiger partial charge in [0.25, 0.3) is 5.91 Å². The van der Waals surface area contributed by atoms with Gasteiger partial charge in [0.1, 0.15) is 17.5 Å². The Labute approximate surface area is 313 Å². The molecule has 4 N–H and O–H groups in total. The molecule has 0 heterocycles. The second-order valence-corrected chi connectivity index (χ2v) is 13.9. The number of carbonyl (C=O) groups is 3. The van der Waals surface area contributed by atoms with E-state index in [0.29, 0.717) is 30.8 Å². The Morgan fingerprint density at radius 1 is 0.736 bits per heavy atom. The van der Waals surface area contributed by atoms with Crippen molar-refractivity contribution >= 4 is 23.8 Å². The summed E-state index contributed by atoms with van der Waals surface area (Å²) in [5.41, 5.74) is 4.61. The number of carbonyl (C=O) groups excluding carboxylic acids is 3. The van der Waals surface area contributed by atoms with Gasteiger partial charge in [0, 0.05) is 12.1 Å². The summed E-state index contributed by atoms with van der Waals surface area (Å²) >= 11 is 0. The van der Waals surface area contributed by atoms with Crippen LogP contribution >= 0.6 is 0 Å². The number of nitrogens with one attached hydrogen (secondary N) is 3. The quantitative estimate of drug-likeness (QED) is 0.0864. The Morgan fingerprint density at radius 3 is 1.92 bits per heavy atom. The first kappa shape index (κ1) is 40.4. The van der Waals surface area contributed by atoms with Crippen LogP contribution in [0.25, 0.3) is 6.08 Å². The van der Waals surface area contributed by atoms with Gasteiger partial charge >= 0.3 is 0 Å². The number of hydrogen-bond donors (Lipinski definition) is 4. The standard InChI is InChI=1S/C44H53N3O6/c1-30(2)25-39(46-41(49)24-21-33-19-22-37(52-5)23-20-33)44(51)47-38(27-35-17-10-7-11-18-35)40(48)28-36(26-34-15-8-6-9-16-34)45-42(50)29-53-43-31(3)13-12-14-32(43)4/h6-24,30,36,38-40,48H,25-29H2,1-5H3,(H,45,50)(H,46,49)(H,47,51)/b24-21+/t36-,38-,39-,40-/m0/s1. The normalized spacial score (nSPS) is 13.5. The fourth-order valence-corrected chi connectivity index (χ4v) is 6.23. The topological polar surface area (TPSA) is 126 Å². The number of ether oxygens (including phenoxy) is 2. The van der Waals surface area contributed by atoms with Crippen molar-refractivity contribution < 1.29 is 29.0 Å². The fourth-order valence-electron chi connectivity index (χ4n) is 6.23. The largest absolute Gasteiger partial charge is 0.497 e. The van der Waals surface area contributed by atoms with Gasteiger partial charge in [0.15, 0.2) is 6.61 Å². The van der Waals surface area contributed by atoms with E-state index in [-0.39, 0.29) is 24.9 Å². The highest BCUT2D eigenvalue weighted by Gasteiger charge is 2.30. The zero-order valence-electron chi connectivity index (χ0n) is 31.4. The molecule has 0 aliphatic heterocycles.